The van der Waals surface area contributed by atoms with Crippen molar-refractivity contribution in [2.45, 2.75) is 33.2 Å². The molecular formula is C26H30N4O3S. The lowest BCUT2D eigenvalue weighted by Crippen LogP contribution is -2.46. The number of ether oxygens (including phenoxy) is 2. The second kappa shape index (κ2) is 10.8. The van der Waals surface area contributed by atoms with Crippen LogP contribution in [-0.4, -0.2) is 47.0 Å². The molecule has 0 radical (unpaired) electrons. The predicted molar refractivity (Wildman–Crippen MR) is 136 cm³/mol. The molecule has 0 saturated carbocycles. The number of nitrogens with zero attached hydrogens (tertiary/aromatic N) is 3. The summed E-state index contributed by atoms with van der Waals surface area (Å²) < 4.78 is 16.6. The van der Waals surface area contributed by atoms with E-state index in [9.17, 15) is 0 Å². The molecular weight excluding hydrogens is 448 g/mol. The molecule has 1 N–H and O–H groups in total. The lowest BCUT2D eigenvalue weighted by molar-refractivity contribution is 0.141. The standard InChI is InChI=1S/C26H30N4O3S/c1-5-32-16-6-15-30-18(3)22(23(27-26(30)34)19-9-7-17(2)8-10-19)25-28-24(29-33-25)20-11-13-21(31-4)14-12-20/h7-14,23H,5-6,15-16H2,1-4H3,(H,27,34). The van der Waals surface area contributed by atoms with Gasteiger partial charge in [0.15, 0.2) is 5.11 Å². The fraction of sp³-hybridized carbons (Fsp3) is 0.346. The maximum atomic E-state index is 5.80. The molecule has 1 aliphatic heterocycles. The van der Waals surface area contributed by atoms with Gasteiger partial charge in [-0.15, -0.1) is 0 Å². The Hall–Kier alpha value is -3.23. The van der Waals surface area contributed by atoms with E-state index in [-0.39, 0.29) is 6.04 Å². The maximum Gasteiger partial charge on any atom is 0.258 e. The monoisotopic (exact) mass is 478 g/mol. The first kappa shape index (κ1) is 23.9. The van der Waals surface area contributed by atoms with Crippen molar-refractivity contribution < 1.29 is 14.0 Å². The number of benzene rings is 2. The maximum absolute atomic E-state index is 5.80. The van der Waals surface area contributed by atoms with Gasteiger partial charge in [0, 0.05) is 31.0 Å². The SMILES string of the molecule is CCOCCCN1C(=S)NC(c2ccc(C)cc2)C(c2nc(-c3ccc(OC)cc3)no2)=C1C. The van der Waals surface area contributed by atoms with Gasteiger partial charge in [0.2, 0.25) is 5.82 Å². The lowest BCUT2D eigenvalue weighted by Gasteiger charge is -2.37. The van der Waals surface area contributed by atoms with Crippen molar-refractivity contribution in [1.82, 2.24) is 20.4 Å². The van der Waals surface area contributed by atoms with Crippen molar-refractivity contribution >= 4 is 22.9 Å². The Morgan fingerprint density at radius 3 is 2.50 bits per heavy atom. The quantitative estimate of drug-likeness (QED) is 0.335. The number of hydrogen-bond acceptors (Lipinski definition) is 6. The Labute approximate surface area is 205 Å². The Morgan fingerprint density at radius 1 is 1.09 bits per heavy atom. The van der Waals surface area contributed by atoms with Crippen LogP contribution >= 0.6 is 12.2 Å². The summed E-state index contributed by atoms with van der Waals surface area (Å²) in [6.45, 7) is 8.25. The molecule has 0 spiro atoms. The molecule has 1 aliphatic rings. The van der Waals surface area contributed by atoms with Crippen LogP contribution in [0.1, 0.15) is 43.3 Å². The molecule has 1 aromatic heterocycles. The van der Waals surface area contributed by atoms with Crippen molar-refractivity contribution in [1.29, 1.82) is 0 Å². The van der Waals surface area contributed by atoms with E-state index in [1.54, 1.807) is 7.11 Å². The van der Waals surface area contributed by atoms with E-state index in [0.717, 1.165) is 41.1 Å². The van der Waals surface area contributed by atoms with Crippen LogP contribution in [0.4, 0.5) is 0 Å². The molecule has 178 valence electrons. The van der Waals surface area contributed by atoms with Crippen LogP contribution < -0.4 is 10.1 Å². The summed E-state index contributed by atoms with van der Waals surface area (Å²) in [7, 11) is 1.64. The highest BCUT2D eigenvalue weighted by Gasteiger charge is 2.33. The molecule has 2 aromatic carbocycles. The molecule has 0 saturated heterocycles. The minimum Gasteiger partial charge on any atom is -0.497 e. The third-order valence-electron chi connectivity index (χ3n) is 5.89. The molecule has 7 nitrogen and oxygen atoms in total. The van der Waals surface area contributed by atoms with Gasteiger partial charge >= 0.3 is 0 Å². The molecule has 0 bridgehead atoms. The first-order chi connectivity index (χ1) is 16.5. The summed E-state index contributed by atoms with van der Waals surface area (Å²) >= 11 is 5.75. The van der Waals surface area contributed by atoms with Gasteiger partial charge in [-0.25, -0.2) is 0 Å². The zero-order chi connectivity index (χ0) is 24.1. The van der Waals surface area contributed by atoms with E-state index in [0.29, 0.717) is 30.0 Å². The smallest absolute Gasteiger partial charge is 0.258 e. The summed E-state index contributed by atoms with van der Waals surface area (Å²) in [5.41, 5.74) is 5.05. The van der Waals surface area contributed by atoms with Gasteiger partial charge in [-0.2, -0.15) is 4.98 Å². The van der Waals surface area contributed by atoms with E-state index < -0.39 is 0 Å². The van der Waals surface area contributed by atoms with Gasteiger partial charge in [-0.1, -0.05) is 35.0 Å². The Bertz CT molecular complexity index is 1160. The number of aromatic nitrogens is 2. The summed E-state index contributed by atoms with van der Waals surface area (Å²) in [6, 6.07) is 15.8. The highest BCUT2D eigenvalue weighted by Crippen LogP contribution is 2.37. The minimum absolute atomic E-state index is 0.194. The van der Waals surface area contributed by atoms with Gasteiger partial charge in [-0.3, -0.25) is 0 Å². The fourth-order valence-electron chi connectivity index (χ4n) is 4.00. The Balaban J connectivity index is 1.71. The Morgan fingerprint density at radius 2 is 1.82 bits per heavy atom. The lowest BCUT2D eigenvalue weighted by atomic mass is 9.94. The van der Waals surface area contributed by atoms with E-state index in [4.69, 9.17) is 31.2 Å². The third kappa shape index (κ3) is 5.13. The molecule has 2 heterocycles. The Kier molecular flexibility index (Phi) is 7.59. The summed E-state index contributed by atoms with van der Waals surface area (Å²) in [5, 5.41) is 8.44. The van der Waals surface area contributed by atoms with Crippen LogP contribution in [0.25, 0.3) is 17.0 Å². The third-order valence-corrected chi connectivity index (χ3v) is 6.22. The summed E-state index contributed by atoms with van der Waals surface area (Å²) in [4.78, 5) is 6.85. The number of aryl methyl sites for hydroxylation is 1. The van der Waals surface area contributed by atoms with Crippen LogP contribution in [0.2, 0.25) is 0 Å². The fourth-order valence-corrected chi connectivity index (χ4v) is 4.34. The molecule has 0 aliphatic carbocycles. The number of rotatable bonds is 9. The minimum atomic E-state index is -0.194. The topological polar surface area (TPSA) is 72.7 Å². The molecule has 0 fully saturated rings. The predicted octanol–water partition coefficient (Wildman–Crippen LogP) is 5.14. The van der Waals surface area contributed by atoms with Crippen molar-refractivity contribution in [2.24, 2.45) is 0 Å². The number of hydrogen-bond donors (Lipinski definition) is 1. The average molecular weight is 479 g/mol. The molecule has 34 heavy (non-hydrogen) atoms. The second-order valence-electron chi connectivity index (χ2n) is 8.15. The molecule has 4 rings (SSSR count). The van der Waals surface area contributed by atoms with Crippen LogP contribution in [0.15, 0.2) is 58.8 Å². The van der Waals surface area contributed by atoms with Crippen LogP contribution in [-0.2, 0) is 4.74 Å². The van der Waals surface area contributed by atoms with E-state index in [1.165, 1.54) is 5.56 Å². The first-order valence-electron chi connectivity index (χ1n) is 11.4. The van der Waals surface area contributed by atoms with Crippen molar-refractivity contribution in [2.75, 3.05) is 26.9 Å². The van der Waals surface area contributed by atoms with Crippen molar-refractivity contribution in [3.05, 3.63) is 71.2 Å². The van der Waals surface area contributed by atoms with Gasteiger partial charge in [0.25, 0.3) is 5.89 Å². The number of methoxy groups -OCH3 is 1. The molecule has 1 unspecified atom stereocenters. The van der Waals surface area contributed by atoms with Gasteiger partial charge in [0.05, 0.1) is 18.7 Å². The second-order valence-corrected chi connectivity index (χ2v) is 8.53. The zero-order valence-corrected chi connectivity index (χ0v) is 20.8. The van der Waals surface area contributed by atoms with Crippen LogP contribution in [0, 0.1) is 6.92 Å². The summed E-state index contributed by atoms with van der Waals surface area (Å²) in [6.07, 6.45) is 0.858. The van der Waals surface area contributed by atoms with E-state index in [2.05, 4.69) is 53.5 Å². The average Bonchev–Trinajstić information content (AvgIpc) is 3.33. The largest absolute Gasteiger partial charge is 0.497 e. The number of thiocarbonyl (C=S) groups is 1. The highest BCUT2D eigenvalue weighted by atomic mass is 32.1. The number of allylic oxidation sites excluding steroid dienone is 1. The zero-order valence-electron chi connectivity index (χ0n) is 20.0. The highest BCUT2D eigenvalue weighted by molar-refractivity contribution is 7.80. The van der Waals surface area contributed by atoms with Crippen LogP contribution in [0.5, 0.6) is 5.75 Å². The first-order valence-corrected chi connectivity index (χ1v) is 11.8. The summed E-state index contributed by atoms with van der Waals surface area (Å²) in [5.74, 6) is 1.77. The van der Waals surface area contributed by atoms with Crippen molar-refractivity contribution in [3.63, 3.8) is 0 Å². The van der Waals surface area contributed by atoms with Crippen LogP contribution in [0.3, 0.4) is 0 Å². The van der Waals surface area contributed by atoms with E-state index in [1.807, 2.05) is 31.2 Å². The molecule has 3 aromatic rings. The van der Waals surface area contributed by atoms with Crippen molar-refractivity contribution in [3.8, 4) is 17.1 Å². The van der Waals surface area contributed by atoms with Gasteiger partial charge < -0.3 is 24.2 Å². The normalized spacial score (nSPS) is 16.1. The number of nitrogens with one attached hydrogen (secondary N) is 1. The molecule has 0 amide bonds. The molecule has 1 atom stereocenters. The van der Waals surface area contributed by atoms with Gasteiger partial charge in [0.1, 0.15) is 5.75 Å². The van der Waals surface area contributed by atoms with Gasteiger partial charge in [-0.05, 0) is 69.2 Å². The molecule has 8 heteroatoms. The van der Waals surface area contributed by atoms with E-state index >= 15 is 0 Å².